The van der Waals surface area contributed by atoms with E-state index < -0.39 is 36.0 Å². The van der Waals surface area contributed by atoms with Gasteiger partial charge < -0.3 is 21.3 Å². The van der Waals surface area contributed by atoms with Gasteiger partial charge in [0.25, 0.3) is 0 Å². The van der Waals surface area contributed by atoms with Crippen LogP contribution in [0.25, 0.3) is 0 Å². The van der Waals surface area contributed by atoms with E-state index in [0.29, 0.717) is 19.3 Å². The maximum Gasteiger partial charge on any atom is 0.244 e. The van der Waals surface area contributed by atoms with E-state index in [0.717, 1.165) is 24.3 Å². The molecule has 4 amide bonds. The van der Waals surface area contributed by atoms with E-state index in [2.05, 4.69) is 47.6 Å². The molecule has 136 valence electrons. The van der Waals surface area contributed by atoms with E-state index in [9.17, 15) is 19.2 Å². The molecule has 8 heteroatoms. The van der Waals surface area contributed by atoms with E-state index in [4.69, 9.17) is 0 Å². The zero-order valence-corrected chi connectivity index (χ0v) is 14.0. The van der Waals surface area contributed by atoms with Crippen molar-refractivity contribution in [2.45, 2.75) is 31.6 Å². The van der Waals surface area contributed by atoms with Crippen molar-refractivity contribution in [3.8, 4) is 0 Å². The summed E-state index contributed by atoms with van der Waals surface area (Å²) >= 11 is 0. The van der Waals surface area contributed by atoms with Crippen LogP contribution in [-0.2, 0) is 19.2 Å². The van der Waals surface area contributed by atoms with Crippen molar-refractivity contribution in [2.75, 3.05) is 0 Å². The molecule has 0 heterocycles. The number of carbonyl (C=O) groups excluding carboxylic acids is 4. The summed E-state index contributed by atoms with van der Waals surface area (Å²) in [6, 6.07) is 0. The normalized spacial score (nSPS) is 9.68. The van der Waals surface area contributed by atoms with Crippen LogP contribution < -0.4 is 21.3 Å². The minimum absolute atomic E-state index is 0.365. The highest BCUT2D eigenvalue weighted by Crippen LogP contribution is 2.03. The van der Waals surface area contributed by atoms with Crippen molar-refractivity contribution in [3.63, 3.8) is 0 Å². The average Bonchev–Trinajstić information content (AvgIpc) is 2.60. The second-order valence-corrected chi connectivity index (χ2v) is 4.89. The Labute approximate surface area is 147 Å². The molecule has 0 aromatic heterocycles. The molecule has 0 fully saturated rings. The van der Waals surface area contributed by atoms with Gasteiger partial charge in [-0.05, 0) is 43.6 Å². The van der Waals surface area contributed by atoms with Crippen LogP contribution in [0, 0.1) is 0 Å². The Morgan fingerprint density at radius 3 is 1.04 bits per heavy atom. The molecule has 4 N–H and O–H groups in total. The molecule has 0 atom stereocenters. The van der Waals surface area contributed by atoms with Crippen LogP contribution in [0.1, 0.15) is 19.3 Å². The van der Waals surface area contributed by atoms with Gasteiger partial charge in [-0.2, -0.15) is 0 Å². The van der Waals surface area contributed by atoms with Gasteiger partial charge in [-0.25, -0.2) is 0 Å². The van der Waals surface area contributed by atoms with Gasteiger partial charge in [0.2, 0.25) is 23.6 Å². The molecule has 0 aliphatic carbocycles. The lowest BCUT2D eigenvalue weighted by Gasteiger charge is -2.22. The fourth-order valence-corrected chi connectivity index (χ4v) is 1.81. The predicted molar refractivity (Wildman–Crippen MR) is 94.8 cm³/mol. The van der Waals surface area contributed by atoms with Gasteiger partial charge in [0.1, 0.15) is 12.3 Å². The summed E-state index contributed by atoms with van der Waals surface area (Å²) in [6.07, 6.45) is 4.28. The molecule has 8 nitrogen and oxygen atoms in total. The lowest BCUT2D eigenvalue weighted by molar-refractivity contribution is -0.121. The van der Waals surface area contributed by atoms with Gasteiger partial charge in [0, 0.05) is 0 Å². The first kappa shape index (κ1) is 21.8. The third kappa shape index (κ3) is 10.3. The van der Waals surface area contributed by atoms with Gasteiger partial charge in [0.05, 0.1) is 0 Å². The first-order valence-electron chi connectivity index (χ1n) is 7.58. The maximum absolute atomic E-state index is 11.4. The Morgan fingerprint density at radius 1 is 0.600 bits per heavy atom. The molecule has 0 rings (SSSR count). The quantitative estimate of drug-likeness (QED) is 0.294. The van der Waals surface area contributed by atoms with Crippen molar-refractivity contribution < 1.29 is 19.2 Å². The predicted octanol–water partition coefficient (Wildman–Crippen LogP) is 0.0177. The van der Waals surface area contributed by atoms with E-state index in [-0.39, 0.29) is 0 Å². The number of rotatable bonds is 12. The summed E-state index contributed by atoms with van der Waals surface area (Å²) in [7, 11) is 0. The molecule has 0 aromatic carbocycles. The number of carbonyl (C=O) groups is 4. The summed E-state index contributed by atoms with van der Waals surface area (Å²) in [5.41, 5.74) is 0. The fourth-order valence-electron chi connectivity index (χ4n) is 1.81. The smallest absolute Gasteiger partial charge is 0.244 e. The molecule has 0 bridgehead atoms. The lowest BCUT2D eigenvalue weighted by Crippen LogP contribution is -2.48. The number of amides is 4. The molecule has 25 heavy (non-hydrogen) atoms. The van der Waals surface area contributed by atoms with Crippen LogP contribution in [0.2, 0.25) is 0 Å². The zero-order valence-electron chi connectivity index (χ0n) is 14.0. The second kappa shape index (κ2) is 12.3. The van der Waals surface area contributed by atoms with E-state index in [1.807, 2.05) is 0 Å². The highest BCUT2D eigenvalue weighted by molar-refractivity contribution is 5.90. The highest BCUT2D eigenvalue weighted by atomic mass is 16.2. The van der Waals surface area contributed by atoms with Crippen molar-refractivity contribution in [3.05, 3.63) is 50.6 Å². The monoisotopic (exact) mass is 348 g/mol. The first-order chi connectivity index (χ1) is 11.9. The SMILES string of the molecule is C=CC(=O)NC(CCCC(NC(=O)C=C)NC(=O)C=C)NC(=O)C=C. The van der Waals surface area contributed by atoms with Crippen molar-refractivity contribution in [1.29, 1.82) is 0 Å². The Morgan fingerprint density at radius 2 is 0.840 bits per heavy atom. The van der Waals surface area contributed by atoms with Gasteiger partial charge in [-0.15, -0.1) is 0 Å². The Hall–Kier alpha value is -3.16. The van der Waals surface area contributed by atoms with Crippen LogP contribution in [0.3, 0.4) is 0 Å². The molecule has 0 unspecified atom stereocenters. The molecule has 0 aliphatic rings. The van der Waals surface area contributed by atoms with Gasteiger partial charge >= 0.3 is 0 Å². The van der Waals surface area contributed by atoms with Crippen LogP contribution in [0.5, 0.6) is 0 Å². The minimum atomic E-state index is -0.637. The van der Waals surface area contributed by atoms with Gasteiger partial charge in [-0.3, -0.25) is 19.2 Å². The number of nitrogens with one attached hydrogen (secondary N) is 4. The molecular formula is C17H24N4O4. The highest BCUT2D eigenvalue weighted by Gasteiger charge is 2.16. The molecule has 0 radical (unpaired) electrons. The Kier molecular flexibility index (Phi) is 10.7. The molecule has 0 saturated heterocycles. The van der Waals surface area contributed by atoms with Gasteiger partial charge in [0.15, 0.2) is 0 Å². The van der Waals surface area contributed by atoms with E-state index >= 15 is 0 Å². The molecular weight excluding hydrogens is 324 g/mol. The molecule has 0 spiro atoms. The second-order valence-electron chi connectivity index (χ2n) is 4.89. The third-order valence-corrected chi connectivity index (χ3v) is 2.99. The summed E-state index contributed by atoms with van der Waals surface area (Å²) < 4.78 is 0. The third-order valence-electron chi connectivity index (χ3n) is 2.99. The summed E-state index contributed by atoms with van der Waals surface area (Å²) in [5.74, 6) is -1.76. The summed E-state index contributed by atoms with van der Waals surface area (Å²) in [4.78, 5) is 45.7. The fraction of sp³-hybridized carbons (Fsp3) is 0.294. The maximum atomic E-state index is 11.4. The first-order valence-corrected chi connectivity index (χ1v) is 7.58. The van der Waals surface area contributed by atoms with E-state index in [1.54, 1.807) is 0 Å². The van der Waals surface area contributed by atoms with Crippen LogP contribution in [0.4, 0.5) is 0 Å². The molecule has 0 aliphatic heterocycles. The average molecular weight is 348 g/mol. The standard InChI is InChI=1S/C17H24N4O4/c1-5-14(22)18-12(19-15(23)6-2)10-9-11-13(20-16(24)7-3)21-17(25)8-4/h5-8,12-13H,1-4,9-11H2,(H,18,22)(H,19,23)(H,20,24)(H,21,25). The lowest BCUT2D eigenvalue weighted by atomic mass is 10.1. The van der Waals surface area contributed by atoms with Crippen LogP contribution in [0.15, 0.2) is 50.6 Å². The van der Waals surface area contributed by atoms with Crippen LogP contribution >= 0.6 is 0 Å². The Bertz CT molecular complexity index is 465. The van der Waals surface area contributed by atoms with E-state index in [1.165, 1.54) is 0 Å². The van der Waals surface area contributed by atoms with Crippen molar-refractivity contribution >= 4 is 23.6 Å². The minimum Gasteiger partial charge on any atom is -0.332 e. The number of hydrogen-bond acceptors (Lipinski definition) is 4. The zero-order chi connectivity index (χ0) is 19.2. The van der Waals surface area contributed by atoms with Gasteiger partial charge in [-0.1, -0.05) is 26.3 Å². The molecule has 0 aromatic rings. The topological polar surface area (TPSA) is 116 Å². The Balaban J connectivity index is 4.72. The van der Waals surface area contributed by atoms with Crippen molar-refractivity contribution in [1.82, 2.24) is 21.3 Å². The van der Waals surface area contributed by atoms with Crippen LogP contribution in [-0.4, -0.2) is 36.0 Å². The molecule has 0 saturated carbocycles. The largest absolute Gasteiger partial charge is 0.332 e. The summed E-state index contributed by atoms with van der Waals surface area (Å²) in [5, 5.41) is 10.3. The summed E-state index contributed by atoms with van der Waals surface area (Å²) in [6.45, 7) is 13.4. The number of hydrogen-bond donors (Lipinski definition) is 4. The van der Waals surface area contributed by atoms with Crippen molar-refractivity contribution in [2.24, 2.45) is 0 Å².